The van der Waals surface area contributed by atoms with E-state index in [1.165, 1.54) is 6.08 Å². The number of aliphatic hydroxyl groups excluding tert-OH is 10. The van der Waals surface area contributed by atoms with Crippen molar-refractivity contribution in [2.24, 2.45) is 0 Å². The van der Waals surface area contributed by atoms with E-state index in [9.17, 15) is 55.9 Å². The maximum absolute atomic E-state index is 12.2. The van der Waals surface area contributed by atoms with Crippen molar-refractivity contribution in [3.8, 4) is 0 Å². The number of hydrogen-bond acceptors (Lipinski definition) is 17. The van der Waals surface area contributed by atoms with Crippen LogP contribution in [0.25, 0.3) is 6.08 Å². The maximum atomic E-state index is 12.2. The minimum absolute atomic E-state index is 0.577. The van der Waals surface area contributed by atoms with Crippen LogP contribution < -0.4 is 0 Å². The van der Waals surface area contributed by atoms with Crippen molar-refractivity contribution in [1.82, 2.24) is 0 Å². The second-order valence-electron chi connectivity index (χ2n) is 10.6. The number of carbonyl (C=O) groups excluding carboxylic acids is 1. The molecule has 1 aromatic carbocycles. The van der Waals surface area contributed by atoms with E-state index in [4.69, 9.17) is 28.4 Å². The van der Waals surface area contributed by atoms with E-state index in [1.54, 1.807) is 30.3 Å². The van der Waals surface area contributed by atoms with Gasteiger partial charge < -0.3 is 79.5 Å². The van der Waals surface area contributed by atoms with Crippen LogP contribution in [0.4, 0.5) is 0 Å². The third kappa shape index (κ3) is 7.44. The molecule has 0 unspecified atom stereocenters. The van der Waals surface area contributed by atoms with Gasteiger partial charge in [-0.25, -0.2) is 4.79 Å². The molecule has 10 N–H and O–H groups in total. The van der Waals surface area contributed by atoms with E-state index in [0.717, 1.165) is 11.6 Å². The summed E-state index contributed by atoms with van der Waals surface area (Å²) in [4.78, 5) is 12.2. The van der Waals surface area contributed by atoms with E-state index < -0.39 is 118 Å². The van der Waals surface area contributed by atoms with Crippen LogP contribution in [0.15, 0.2) is 36.4 Å². The van der Waals surface area contributed by atoms with Gasteiger partial charge in [-0.2, -0.15) is 0 Å². The van der Waals surface area contributed by atoms with Crippen LogP contribution in [0.5, 0.6) is 0 Å². The van der Waals surface area contributed by atoms with Gasteiger partial charge in [-0.3, -0.25) is 0 Å². The highest BCUT2D eigenvalue weighted by atomic mass is 16.8. The molecule has 0 aromatic heterocycles. The zero-order valence-corrected chi connectivity index (χ0v) is 23.2. The Kier molecular flexibility index (Phi) is 11.8. The van der Waals surface area contributed by atoms with Gasteiger partial charge in [-0.05, 0) is 11.6 Å². The van der Waals surface area contributed by atoms with Crippen LogP contribution in [0.2, 0.25) is 0 Å². The summed E-state index contributed by atoms with van der Waals surface area (Å²) in [6.45, 7) is -3.08. The van der Waals surface area contributed by atoms with Crippen molar-refractivity contribution < 1.29 is 84.3 Å². The van der Waals surface area contributed by atoms with E-state index >= 15 is 0 Å². The summed E-state index contributed by atoms with van der Waals surface area (Å²) in [5.41, 5.74) is 0.722. The Balaban J connectivity index is 1.38. The van der Waals surface area contributed by atoms with Crippen LogP contribution in [-0.2, 0) is 33.2 Å². The van der Waals surface area contributed by atoms with E-state index in [0.29, 0.717) is 0 Å². The Bertz CT molecular complexity index is 1090. The smallest absolute Gasteiger partial charge is 0.330 e. The van der Waals surface area contributed by atoms with Gasteiger partial charge in [0.1, 0.15) is 80.4 Å². The van der Waals surface area contributed by atoms with Crippen molar-refractivity contribution in [2.45, 2.75) is 85.5 Å². The minimum atomic E-state index is -2.45. The molecule has 0 radical (unpaired) electrons. The molecule has 17 nitrogen and oxygen atoms in total. The van der Waals surface area contributed by atoms with E-state index in [-0.39, 0.29) is 0 Å². The van der Waals surface area contributed by atoms with Gasteiger partial charge in [-0.1, -0.05) is 30.3 Å². The molecule has 0 amide bonds. The summed E-state index contributed by atoms with van der Waals surface area (Å²) in [7, 11) is 0. The highest BCUT2D eigenvalue weighted by molar-refractivity contribution is 5.87. The topological polar surface area (TPSA) is 275 Å². The largest absolute Gasteiger partial charge is 0.460 e. The average Bonchev–Trinajstić information content (AvgIpc) is 3.27. The molecular weight excluding hydrogens is 596 g/mol. The molecule has 3 aliphatic heterocycles. The normalized spacial score (nSPS) is 42.9. The van der Waals surface area contributed by atoms with E-state index in [1.807, 2.05) is 0 Å². The number of esters is 1. The monoisotopic (exact) mass is 634 g/mol. The first kappa shape index (κ1) is 34.7. The molecular formula is C27H38O17. The number of ether oxygens (including phenoxy) is 6. The van der Waals surface area contributed by atoms with Gasteiger partial charge in [0.25, 0.3) is 0 Å². The van der Waals surface area contributed by atoms with Gasteiger partial charge >= 0.3 is 5.97 Å². The predicted octanol–water partition coefficient (Wildman–Crippen LogP) is -5.31. The molecule has 1 aromatic rings. The lowest BCUT2D eigenvalue weighted by atomic mass is 9.98. The lowest BCUT2D eigenvalue weighted by molar-refractivity contribution is -0.388. The van der Waals surface area contributed by atoms with Gasteiger partial charge in [0.05, 0.1) is 13.2 Å². The van der Waals surface area contributed by atoms with Crippen molar-refractivity contribution in [3.63, 3.8) is 0 Å². The second-order valence-corrected chi connectivity index (χ2v) is 10.6. The van der Waals surface area contributed by atoms with Gasteiger partial charge in [0, 0.05) is 6.08 Å². The van der Waals surface area contributed by atoms with Crippen LogP contribution >= 0.6 is 0 Å². The molecule has 4 rings (SSSR count). The average molecular weight is 635 g/mol. The summed E-state index contributed by atoms with van der Waals surface area (Å²) in [6, 6.07) is 8.84. The first-order valence-corrected chi connectivity index (χ1v) is 13.8. The molecule has 248 valence electrons. The molecule has 3 saturated heterocycles. The standard InChI is InChI=1S/C27H38O17/c28-8-13-17(31)20(34)22(36)25(41-13)40-9-14-18(32)21(35)23(37)26(42-14)44-27(11-29)24(38)19(33)15(43-27)10-39-16(30)7-6-12-4-2-1-3-5-12/h1-7,13-15,17-26,28-29,31-38H,8-11H2/b7-6+/t13-,14-,15-,17-,18-,19-,20+,21+,22-,23-,24+,25+,26-,27+/m1/s1. The molecule has 0 bridgehead atoms. The third-order valence-electron chi connectivity index (χ3n) is 7.58. The summed E-state index contributed by atoms with van der Waals surface area (Å²) in [6.07, 6.45) is -19.8. The highest BCUT2D eigenvalue weighted by Gasteiger charge is 2.59. The number of rotatable bonds is 11. The van der Waals surface area contributed by atoms with Gasteiger partial charge in [0.15, 0.2) is 12.6 Å². The maximum Gasteiger partial charge on any atom is 0.330 e. The molecule has 14 atom stereocenters. The van der Waals surface area contributed by atoms with Crippen molar-refractivity contribution >= 4 is 12.0 Å². The summed E-state index contributed by atoms with van der Waals surface area (Å²) >= 11 is 0. The Labute approximate surface area is 250 Å². The third-order valence-corrected chi connectivity index (χ3v) is 7.58. The molecule has 3 fully saturated rings. The number of hydrogen-bond donors (Lipinski definition) is 10. The zero-order valence-electron chi connectivity index (χ0n) is 23.2. The van der Waals surface area contributed by atoms with Crippen molar-refractivity contribution in [1.29, 1.82) is 0 Å². The molecule has 17 heteroatoms. The van der Waals surface area contributed by atoms with Crippen LogP contribution in [0.1, 0.15) is 5.56 Å². The predicted molar refractivity (Wildman–Crippen MR) is 141 cm³/mol. The summed E-state index contributed by atoms with van der Waals surface area (Å²) < 4.78 is 32.2. The Morgan fingerprint density at radius 3 is 2.00 bits per heavy atom. The number of aliphatic hydroxyl groups is 10. The molecule has 0 spiro atoms. The molecule has 44 heavy (non-hydrogen) atoms. The lowest BCUT2D eigenvalue weighted by Crippen LogP contribution is -2.63. The minimum Gasteiger partial charge on any atom is -0.460 e. The van der Waals surface area contributed by atoms with Gasteiger partial charge in [-0.15, -0.1) is 0 Å². The second kappa shape index (κ2) is 14.9. The fourth-order valence-corrected chi connectivity index (χ4v) is 4.94. The fourth-order valence-electron chi connectivity index (χ4n) is 4.94. The van der Waals surface area contributed by atoms with Crippen molar-refractivity contribution in [3.05, 3.63) is 42.0 Å². The van der Waals surface area contributed by atoms with Crippen LogP contribution in [0.3, 0.4) is 0 Å². The Morgan fingerprint density at radius 2 is 1.36 bits per heavy atom. The first-order chi connectivity index (χ1) is 20.9. The Hall–Kier alpha value is -2.17. The summed E-state index contributed by atoms with van der Waals surface area (Å²) in [5.74, 6) is -3.25. The van der Waals surface area contributed by atoms with Crippen LogP contribution in [-0.4, -0.2) is 169 Å². The molecule has 0 saturated carbocycles. The Morgan fingerprint density at radius 1 is 0.750 bits per heavy atom. The first-order valence-electron chi connectivity index (χ1n) is 13.8. The molecule has 0 aliphatic carbocycles. The summed E-state index contributed by atoms with van der Waals surface area (Å²) in [5, 5.41) is 102. The van der Waals surface area contributed by atoms with Gasteiger partial charge in [0.2, 0.25) is 5.79 Å². The highest BCUT2D eigenvalue weighted by Crippen LogP contribution is 2.36. The quantitative estimate of drug-likeness (QED) is 0.0804. The lowest BCUT2D eigenvalue weighted by Gasteiger charge is -2.44. The number of benzene rings is 1. The SMILES string of the molecule is O=C(/C=C/c1ccccc1)OC[C@H]1O[C@@](CO)(O[C@H]2O[C@H](CO[C@H]3O[C@H](CO)[C@@H](O)[C@H](O)[C@H]3O)[C@@H](O)[C@H](O)[C@H]2O)[C@@H](O)[C@@H]1O. The molecule has 3 aliphatic rings. The van der Waals surface area contributed by atoms with Crippen molar-refractivity contribution in [2.75, 3.05) is 26.4 Å². The zero-order chi connectivity index (χ0) is 32.2. The molecule has 3 heterocycles. The number of carbonyl (C=O) groups is 1. The van der Waals surface area contributed by atoms with Crippen LogP contribution in [0, 0.1) is 0 Å². The fraction of sp³-hybridized carbons (Fsp3) is 0.667. The van der Waals surface area contributed by atoms with E-state index in [2.05, 4.69) is 0 Å².